The van der Waals surface area contributed by atoms with Gasteiger partial charge in [0, 0.05) is 19.9 Å². The van der Waals surface area contributed by atoms with Gasteiger partial charge < -0.3 is 10.1 Å². The Morgan fingerprint density at radius 1 is 1.00 bits per heavy atom. The first kappa shape index (κ1) is 20.5. The average Bonchev–Trinajstić information content (AvgIpc) is 3.36. The number of hydrogen-bond donors (Lipinski definition) is 2. The Balaban J connectivity index is 1.31. The molecule has 0 aliphatic carbocycles. The Bertz CT molecular complexity index is 871. The number of carbonyl (C=O) groups excluding carboxylic acids is 1. The van der Waals surface area contributed by atoms with Gasteiger partial charge in [0.15, 0.2) is 0 Å². The minimum Gasteiger partial charge on any atom is -0.444 e. The fraction of sp³-hybridized carbons (Fsp3) is 0.353. The lowest BCUT2D eigenvalue weighted by molar-refractivity contribution is 0.155. The second-order valence-corrected chi connectivity index (χ2v) is 8.90. The van der Waals surface area contributed by atoms with Crippen molar-refractivity contribution in [2.75, 3.05) is 29.2 Å². The molecule has 0 aliphatic rings. The summed E-state index contributed by atoms with van der Waals surface area (Å²) >= 11 is 4.78. The highest BCUT2D eigenvalue weighted by atomic mass is 32.2. The second kappa shape index (κ2) is 10.9. The second-order valence-electron chi connectivity index (χ2n) is 5.55. The summed E-state index contributed by atoms with van der Waals surface area (Å²) in [4.78, 5) is 11.8. The van der Waals surface area contributed by atoms with Crippen molar-refractivity contribution in [2.45, 2.75) is 19.4 Å². The molecule has 0 atom stereocenters. The first-order valence-electron chi connectivity index (χ1n) is 8.61. The summed E-state index contributed by atoms with van der Waals surface area (Å²) in [6.07, 6.45) is 1.18. The number of benzene rings is 1. The van der Waals surface area contributed by atoms with Gasteiger partial charge in [-0.25, -0.2) is 4.79 Å². The molecular formula is C17H20N6O2S3. The number of anilines is 2. The number of thioether (sulfide) groups is 1. The number of aromatic nitrogens is 4. The molecule has 1 aromatic carbocycles. The number of aryl methyl sites for hydroxylation is 2. The van der Waals surface area contributed by atoms with E-state index in [1.54, 1.807) is 11.3 Å². The highest BCUT2D eigenvalue weighted by molar-refractivity contribution is 7.99. The number of hydrogen-bond acceptors (Lipinski definition) is 10. The van der Waals surface area contributed by atoms with Gasteiger partial charge in [-0.15, -0.1) is 20.4 Å². The average molecular weight is 437 g/mol. The molecule has 0 fully saturated rings. The van der Waals surface area contributed by atoms with Crippen molar-refractivity contribution in [3.05, 3.63) is 45.9 Å². The van der Waals surface area contributed by atoms with Crippen LogP contribution in [0.5, 0.6) is 0 Å². The van der Waals surface area contributed by atoms with E-state index >= 15 is 0 Å². The third-order valence-electron chi connectivity index (χ3n) is 3.49. The van der Waals surface area contributed by atoms with E-state index in [0.717, 1.165) is 45.1 Å². The van der Waals surface area contributed by atoms with Crippen molar-refractivity contribution in [3.8, 4) is 0 Å². The van der Waals surface area contributed by atoms with E-state index in [-0.39, 0.29) is 6.61 Å². The summed E-state index contributed by atoms with van der Waals surface area (Å²) in [5, 5.41) is 25.1. The van der Waals surface area contributed by atoms with Crippen LogP contribution >= 0.6 is 34.4 Å². The standard InChI is InChI=1S/C17H20N6O2S3/c1-18-15-22-20-13(27-15)7-9-26-10-8-14-21-23-16(28-14)19-17(24)25-11-12-5-3-2-4-6-12/h2-6H,7-11H2,1H3,(H,18,22)(H,19,23,24). The topological polar surface area (TPSA) is 102 Å². The first-order chi connectivity index (χ1) is 13.7. The van der Waals surface area contributed by atoms with E-state index in [0.29, 0.717) is 5.13 Å². The van der Waals surface area contributed by atoms with Gasteiger partial charge in [-0.1, -0.05) is 53.0 Å². The Morgan fingerprint density at radius 3 is 2.29 bits per heavy atom. The van der Waals surface area contributed by atoms with Crippen molar-refractivity contribution >= 4 is 50.8 Å². The van der Waals surface area contributed by atoms with E-state index in [1.807, 2.05) is 49.1 Å². The molecule has 3 aromatic rings. The Labute approximate surface area is 175 Å². The molecule has 2 heterocycles. The van der Waals surface area contributed by atoms with E-state index in [9.17, 15) is 4.79 Å². The fourth-order valence-corrected chi connectivity index (χ4v) is 4.68. The monoisotopic (exact) mass is 436 g/mol. The van der Waals surface area contributed by atoms with Crippen molar-refractivity contribution < 1.29 is 9.53 Å². The quantitative estimate of drug-likeness (QED) is 0.464. The molecular weight excluding hydrogens is 416 g/mol. The SMILES string of the molecule is CNc1nnc(CCSCCc2nnc(NC(=O)OCc3ccccc3)s2)s1. The molecule has 0 radical (unpaired) electrons. The van der Waals surface area contributed by atoms with Crippen LogP contribution in [-0.4, -0.2) is 45.0 Å². The molecule has 28 heavy (non-hydrogen) atoms. The molecule has 0 unspecified atom stereocenters. The Morgan fingerprint density at radius 2 is 1.64 bits per heavy atom. The summed E-state index contributed by atoms with van der Waals surface area (Å²) in [5.74, 6) is 1.92. The fourth-order valence-electron chi connectivity index (χ4n) is 2.13. The van der Waals surface area contributed by atoms with Gasteiger partial charge in [0.1, 0.15) is 16.6 Å². The maximum Gasteiger partial charge on any atom is 0.413 e. The predicted molar refractivity (Wildman–Crippen MR) is 114 cm³/mol. The minimum absolute atomic E-state index is 0.222. The molecule has 0 bridgehead atoms. The van der Waals surface area contributed by atoms with Crippen molar-refractivity contribution in [3.63, 3.8) is 0 Å². The number of rotatable bonds is 10. The van der Waals surface area contributed by atoms with E-state index in [1.165, 1.54) is 11.3 Å². The number of ether oxygens (including phenoxy) is 1. The smallest absolute Gasteiger partial charge is 0.413 e. The summed E-state index contributed by atoms with van der Waals surface area (Å²) in [5.41, 5.74) is 0.934. The van der Waals surface area contributed by atoms with Crippen LogP contribution in [0, 0.1) is 0 Å². The molecule has 2 aromatic heterocycles. The molecule has 11 heteroatoms. The zero-order valence-electron chi connectivity index (χ0n) is 15.3. The highest BCUT2D eigenvalue weighted by Crippen LogP contribution is 2.19. The molecule has 148 valence electrons. The lowest BCUT2D eigenvalue weighted by Gasteiger charge is -2.04. The molecule has 0 saturated carbocycles. The number of amides is 1. The molecule has 0 spiro atoms. The number of nitrogens with one attached hydrogen (secondary N) is 2. The van der Waals surface area contributed by atoms with E-state index < -0.39 is 6.09 Å². The Kier molecular flexibility index (Phi) is 8.00. The van der Waals surface area contributed by atoms with Crippen LogP contribution in [0.4, 0.5) is 15.1 Å². The molecule has 8 nitrogen and oxygen atoms in total. The number of carbonyl (C=O) groups is 1. The lowest BCUT2D eigenvalue weighted by Crippen LogP contribution is -2.13. The van der Waals surface area contributed by atoms with Gasteiger partial charge in [-0.2, -0.15) is 11.8 Å². The minimum atomic E-state index is -0.529. The normalized spacial score (nSPS) is 10.6. The van der Waals surface area contributed by atoms with Crippen LogP contribution in [0.1, 0.15) is 15.6 Å². The van der Waals surface area contributed by atoms with Crippen molar-refractivity contribution in [1.82, 2.24) is 20.4 Å². The zero-order valence-corrected chi connectivity index (χ0v) is 17.7. The van der Waals surface area contributed by atoms with Crippen LogP contribution in [0.15, 0.2) is 30.3 Å². The summed E-state index contributed by atoms with van der Waals surface area (Å²) in [7, 11) is 1.84. The molecule has 0 aliphatic heterocycles. The lowest BCUT2D eigenvalue weighted by atomic mass is 10.2. The highest BCUT2D eigenvalue weighted by Gasteiger charge is 2.09. The van der Waals surface area contributed by atoms with Crippen molar-refractivity contribution in [1.29, 1.82) is 0 Å². The van der Waals surface area contributed by atoms with Crippen molar-refractivity contribution in [2.24, 2.45) is 0 Å². The van der Waals surface area contributed by atoms with E-state index in [2.05, 4.69) is 31.0 Å². The van der Waals surface area contributed by atoms with Crippen LogP contribution in [0.3, 0.4) is 0 Å². The number of nitrogens with zero attached hydrogens (tertiary/aromatic N) is 4. The molecule has 1 amide bonds. The third-order valence-corrected chi connectivity index (χ3v) is 6.37. The summed E-state index contributed by atoms with van der Waals surface area (Å²) in [6, 6.07) is 9.52. The van der Waals surface area contributed by atoms with Gasteiger partial charge in [0.2, 0.25) is 10.3 Å². The largest absolute Gasteiger partial charge is 0.444 e. The third kappa shape index (κ3) is 6.73. The van der Waals surface area contributed by atoms with Gasteiger partial charge >= 0.3 is 6.09 Å². The maximum atomic E-state index is 11.8. The zero-order chi connectivity index (χ0) is 19.6. The molecule has 3 rings (SSSR count). The van der Waals surface area contributed by atoms with Gasteiger partial charge in [-0.3, -0.25) is 5.32 Å². The van der Waals surface area contributed by atoms with Gasteiger partial charge in [-0.05, 0) is 17.1 Å². The Hall–Kier alpha value is -2.24. The molecule has 0 saturated heterocycles. The first-order valence-corrected chi connectivity index (χ1v) is 11.4. The summed E-state index contributed by atoms with van der Waals surface area (Å²) in [6.45, 7) is 0.222. The maximum absolute atomic E-state index is 11.8. The van der Waals surface area contributed by atoms with Crippen LogP contribution < -0.4 is 10.6 Å². The van der Waals surface area contributed by atoms with Gasteiger partial charge in [0.25, 0.3) is 0 Å². The van der Waals surface area contributed by atoms with E-state index in [4.69, 9.17) is 4.74 Å². The molecule has 2 N–H and O–H groups in total. The van der Waals surface area contributed by atoms with Gasteiger partial charge in [0.05, 0.1) is 0 Å². The van der Waals surface area contributed by atoms with Crippen LogP contribution in [0.25, 0.3) is 0 Å². The summed E-state index contributed by atoms with van der Waals surface area (Å²) < 4.78 is 5.18. The van der Waals surface area contributed by atoms with Crippen LogP contribution in [0.2, 0.25) is 0 Å². The predicted octanol–water partition coefficient (Wildman–Crippen LogP) is 3.70. The van der Waals surface area contributed by atoms with Crippen LogP contribution in [-0.2, 0) is 24.2 Å².